The summed E-state index contributed by atoms with van der Waals surface area (Å²) in [5.41, 5.74) is 2.64. The highest BCUT2D eigenvalue weighted by molar-refractivity contribution is 5.97. The van der Waals surface area contributed by atoms with Gasteiger partial charge in [0.2, 0.25) is 0 Å². The number of hydrogen-bond donors (Lipinski definition) is 10. The van der Waals surface area contributed by atoms with E-state index in [1.165, 1.54) is 4.90 Å². The quantitative estimate of drug-likeness (QED) is 0.0841. The molecule has 0 aliphatic carbocycles. The van der Waals surface area contributed by atoms with E-state index in [2.05, 4.69) is 23.6 Å². The Morgan fingerprint density at radius 1 is 0.750 bits per heavy atom. The first-order chi connectivity index (χ1) is 20.9. The molecule has 252 valence electrons. The molecule has 0 radical (unpaired) electrons. The highest BCUT2D eigenvalue weighted by atomic mass is 16.4. The molecule has 0 saturated carbocycles. The van der Waals surface area contributed by atoms with Crippen LogP contribution in [-0.2, 0) is 0 Å². The number of likely N-dealkylation sites (tertiary alicyclic amines) is 1. The van der Waals surface area contributed by atoms with Gasteiger partial charge in [0, 0.05) is 50.9 Å². The van der Waals surface area contributed by atoms with Crippen LogP contribution in [0.25, 0.3) is 0 Å². The number of fused-ring (bicyclic) bond motifs is 1. The Labute approximate surface area is 257 Å². The minimum Gasteiger partial charge on any atom is -0.394 e. The first kappa shape index (κ1) is 36.3. The average Bonchev–Trinajstić information content (AvgIpc) is 3.42. The van der Waals surface area contributed by atoms with Crippen LogP contribution in [0.15, 0.2) is 18.2 Å². The molecule has 1 saturated heterocycles. The predicted molar refractivity (Wildman–Crippen MR) is 160 cm³/mol. The van der Waals surface area contributed by atoms with E-state index in [4.69, 9.17) is 10.2 Å². The first-order valence-corrected chi connectivity index (χ1v) is 15.2. The van der Waals surface area contributed by atoms with Gasteiger partial charge in [-0.1, -0.05) is 0 Å². The Kier molecular flexibility index (Phi) is 13.6. The molecule has 0 unspecified atom stereocenters. The van der Waals surface area contributed by atoms with E-state index in [1.807, 2.05) is 18.2 Å². The summed E-state index contributed by atoms with van der Waals surface area (Å²) in [6.45, 7) is 4.80. The van der Waals surface area contributed by atoms with Crippen molar-refractivity contribution in [3.63, 3.8) is 0 Å². The largest absolute Gasteiger partial charge is 0.394 e. The zero-order chi connectivity index (χ0) is 32.7. The van der Waals surface area contributed by atoms with Crippen molar-refractivity contribution in [2.75, 3.05) is 69.0 Å². The maximum atomic E-state index is 13.5. The van der Waals surface area contributed by atoms with Gasteiger partial charge in [-0.15, -0.1) is 0 Å². The van der Waals surface area contributed by atoms with Crippen LogP contribution < -0.4 is 9.80 Å². The number of benzene rings is 1. The fourth-order valence-corrected chi connectivity index (χ4v) is 5.89. The fourth-order valence-electron chi connectivity index (χ4n) is 5.89. The number of carbonyl (C=O) groups excluding carboxylic acids is 1. The summed E-state index contributed by atoms with van der Waals surface area (Å²) in [5, 5.41) is 99.8. The Bertz CT molecular complexity index is 1020. The number of anilines is 2. The zero-order valence-corrected chi connectivity index (χ0v) is 25.4. The molecule has 15 nitrogen and oxygen atoms in total. The van der Waals surface area contributed by atoms with Gasteiger partial charge in [0.15, 0.2) is 0 Å². The number of aliphatic hydroxyl groups is 10. The van der Waals surface area contributed by atoms with Crippen molar-refractivity contribution >= 4 is 17.3 Å². The minimum absolute atomic E-state index is 0.142. The molecule has 15 heteroatoms. The van der Waals surface area contributed by atoms with E-state index in [0.29, 0.717) is 31.5 Å². The van der Waals surface area contributed by atoms with Crippen molar-refractivity contribution in [1.82, 2.24) is 9.80 Å². The Balaban J connectivity index is 1.72. The van der Waals surface area contributed by atoms with Crippen LogP contribution in [-0.4, -0.2) is 181 Å². The lowest BCUT2D eigenvalue weighted by Gasteiger charge is -2.41. The molecule has 44 heavy (non-hydrogen) atoms. The number of carbonyl (C=O) groups is 1. The molecule has 1 fully saturated rings. The van der Waals surface area contributed by atoms with Crippen LogP contribution in [0.5, 0.6) is 0 Å². The van der Waals surface area contributed by atoms with Crippen molar-refractivity contribution in [2.24, 2.45) is 0 Å². The topological polar surface area (TPSA) is 232 Å². The molecule has 8 atom stereocenters. The number of nitrogens with zero attached hydrogens (tertiary/aromatic N) is 4. The van der Waals surface area contributed by atoms with Gasteiger partial charge in [-0.25, -0.2) is 0 Å². The third kappa shape index (κ3) is 8.35. The summed E-state index contributed by atoms with van der Waals surface area (Å²) in [4.78, 5) is 21.2. The van der Waals surface area contributed by atoms with Crippen molar-refractivity contribution in [1.29, 1.82) is 0 Å². The summed E-state index contributed by atoms with van der Waals surface area (Å²) in [6, 6.07) is 5.30. The molecule has 1 amide bonds. The Morgan fingerprint density at radius 3 is 1.66 bits per heavy atom. The third-order valence-electron chi connectivity index (χ3n) is 8.77. The lowest BCUT2D eigenvalue weighted by atomic mass is 9.97. The Morgan fingerprint density at radius 2 is 1.20 bits per heavy atom. The van der Waals surface area contributed by atoms with Crippen molar-refractivity contribution in [3.05, 3.63) is 23.8 Å². The second-order valence-electron chi connectivity index (χ2n) is 11.6. The van der Waals surface area contributed by atoms with Gasteiger partial charge in [0.25, 0.3) is 5.91 Å². The molecule has 0 aromatic heterocycles. The molecule has 2 aliphatic heterocycles. The highest BCUT2D eigenvalue weighted by Gasteiger charge is 2.37. The maximum absolute atomic E-state index is 13.5. The van der Waals surface area contributed by atoms with E-state index in [0.717, 1.165) is 31.1 Å². The van der Waals surface area contributed by atoms with Gasteiger partial charge in [-0.05, 0) is 44.9 Å². The fraction of sp³-hybridized carbons (Fsp3) is 0.759. The molecule has 0 bridgehead atoms. The number of hydrogen-bond acceptors (Lipinski definition) is 14. The van der Waals surface area contributed by atoms with E-state index >= 15 is 0 Å². The lowest BCUT2D eigenvalue weighted by molar-refractivity contribution is -0.134. The summed E-state index contributed by atoms with van der Waals surface area (Å²) >= 11 is 0. The molecule has 2 heterocycles. The maximum Gasteiger partial charge on any atom is 0.253 e. The normalized spacial score (nSPS) is 21.5. The number of rotatable bonds is 16. The van der Waals surface area contributed by atoms with E-state index < -0.39 is 62.0 Å². The smallest absolute Gasteiger partial charge is 0.253 e. The summed E-state index contributed by atoms with van der Waals surface area (Å²) in [7, 11) is 0. The summed E-state index contributed by atoms with van der Waals surface area (Å²) in [6.07, 6.45) is -13.4. The Hall–Kier alpha value is -2.15. The van der Waals surface area contributed by atoms with Gasteiger partial charge in [-0.3, -0.25) is 9.69 Å². The van der Waals surface area contributed by atoms with Gasteiger partial charge in [0.1, 0.15) is 36.6 Å². The number of amides is 1. The van der Waals surface area contributed by atoms with E-state index in [-0.39, 0.29) is 25.0 Å². The molecular formula is C29H50N4O11. The van der Waals surface area contributed by atoms with Crippen LogP contribution in [0, 0.1) is 0 Å². The summed E-state index contributed by atoms with van der Waals surface area (Å²) in [5.74, 6) is -0.142. The summed E-state index contributed by atoms with van der Waals surface area (Å²) < 4.78 is 0. The van der Waals surface area contributed by atoms with Crippen LogP contribution in [0.4, 0.5) is 11.4 Å². The predicted octanol–water partition coefficient (Wildman–Crippen LogP) is -3.91. The highest BCUT2D eigenvalue weighted by Crippen LogP contribution is 2.36. The zero-order valence-electron chi connectivity index (χ0n) is 25.4. The van der Waals surface area contributed by atoms with Crippen LogP contribution in [0.2, 0.25) is 0 Å². The molecule has 0 spiro atoms. The third-order valence-corrected chi connectivity index (χ3v) is 8.77. The number of piperidine rings is 1. The van der Waals surface area contributed by atoms with Crippen LogP contribution in [0.1, 0.15) is 37.0 Å². The lowest BCUT2D eigenvalue weighted by Crippen LogP contribution is -2.56. The van der Waals surface area contributed by atoms with Gasteiger partial charge >= 0.3 is 0 Å². The molecule has 2 aliphatic rings. The van der Waals surface area contributed by atoms with Crippen molar-refractivity contribution in [2.45, 2.75) is 81.6 Å². The standard InChI is InChI=1S/C29H50N4O11/c1-3-30-16-31(4-2)20-11-17(5-6-19(20)30)29(44)32-9-7-18(8-10-32)33(12-21(36)25(40)27(42)23(38)14-34)13-22(37)26(41)28(43)24(39)15-35/h5-6,11,18,21-28,34-43H,3-4,7-10,12-16H2,1-2H3/t21-,22-,23+,24+,25+,26+,27+,28+/m0/s1. The van der Waals surface area contributed by atoms with Crippen LogP contribution in [0.3, 0.4) is 0 Å². The monoisotopic (exact) mass is 630 g/mol. The minimum atomic E-state index is -1.87. The number of aliphatic hydroxyl groups excluding tert-OH is 10. The van der Waals surface area contributed by atoms with Gasteiger partial charge < -0.3 is 65.8 Å². The SMILES string of the molecule is CCN1CN(CC)c2cc(C(=O)N3CCC(N(C[C@H](O)[C@@H](O)[C@H](O)[C@H](O)CO)C[C@H](O)[C@@H](O)[C@H](O)[C@H](O)CO)CC3)ccc21. The van der Waals surface area contributed by atoms with E-state index in [9.17, 15) is 45.6 Å². The van der Waals surface area contributed by atoms with Gasteiger partial charge in [0.05, 0.1) is 43.5 Å². The second kappa shape index (κ2) is 16.4. The van der Waals surface area contributed by atoms with Crippen molar-refractivity contribution in [3.8, 4) is 0 Å². The molecule has 10 N–H and O–H groups in total. The molecular weight excluding hydrogens is 580 g/mol. The van der Waals surface area contributed by atoms with Crippen LogP contribution >= 0.6 is 0 Å². The molecule has 1 aromatic carbocycles. The molecule has 1 aromatic rings. The van der Waals surface area contributed by atoms with Gasteiger partial charge in [-0.2, -0.15) is 0 Å². The molecule has 3 rings (SSSR count). The average molecular weight is 631 g/mol. The second-order valence-corrected chi connectivity index (χ2v) is 11.6. The first-order valence-electron chi connectivity index (χ1n) is 15.2. The van der Waals surface area contributed by atoms with Crippen molar-refractivity contribution < 1.29 is 55.9 Å². The van der Waals surface area contributed by atoms with E-state index in [1.54, 1.807) is 4.90 Å².